The molecule has 44 heavy (non-hydrogen) atoms. The van der Waals surface area contributed by atoms with Gasteiger partial charge in [0.25, 0.3) is 5.69 Å². The number of nitro groups is 1. The minimum absolute atomic E-state index is 0.0739. The predicted molar refractivity (Wildman–Crippen MR) is 162 cm³/mol. The number of benzene rings is 2. The van der Waals surface area contributed by atoms with Crippen LogP contribution in [0.3, 0.4) is 0 Å². The van der Waals surface area contributed by atoms with Crippen LogP contribution in [-0.2, 0) is 14.2 Å². The van der Waals surface area contributed by atoms with Gasteiger partial charge in [0.05, 0.1) is 40.9 Å². The molecular weight excluding hydrogens is 565 g/mol. The number of nitro benzene ring substituents is 1. The minimum Gasteiger partial charge on any atom is -0.508 e. The number of aromatic hydroxyl groups is 1. The summed E-state index contributed by atoms with van der Waals surface area (Å²) in [6.07, 6.45) is 4.04. The Balaban J connectivity index is 1.31. The van der Waals surface area contributed by atoms with Gasteiger partial charge in [-0.05, 0) is 90.2 Å². The average molecular weight is 595 g/mol. The Labute approximate surface area is 253 Å². The van der Waals surface area contributed by atoms with Crippen LogP contribution < -0.4 is 4.90 Å². The quantitative estimate of drug-likeness (QED) is 0.115. The third kappa shape index (κ3) is 5.55. The molecule has 3 heterocycles. The topological polar surface area (TPSA) is 163 Å². The van der Waals surface area contributed by atoms with Gasteiger partial charge < -0.3 is 19.9 Å². The number of hydrogen-bond acceptors (Lipinski definition) is 9. The second kappa shape index (κ2) is 12.2. The SMILES string of the molecule is O=C1[C@@H]2[C@@H](CC(CO)=C3[C@@H](CC/C(=C/c4cccc(O)c4)c4ccccn4)OB(O)C[C@@H]32)C(=O)N1c1cccc([N+](=O)[O-])c1. The molecule has 224 valence electrons. The number of rotatable bonds is 8. The summed E-state index contributed by atoms with van der Waals surface area (Å²) in [5, 5.41) is 42.6. The first kappa shape index (κ1) is 29.4. The van der Waals surface area contributed by atoms with Gasteiger partial charge >= 0.3 is 7.12 Å². The molecule has 12 heteroatoms. The summed E-state index contributed by atoms with van der Waals surface area (Å²) in [5.41, 5.74) is 3.58. The van der Waals surface area contributed by atoms with Gasteiger partial charge in [-0.25, -0.2) is 4.90 Å². The number of non-ortho nitro benzene ring substituents is 1. The molecule has 1 aliphatic carbocycles. The Hall–Kier alpha value is -4.65. The molecule has 3 aromatic rings. The first-order valence-electron chi connectivity index (χ1n) is 14.4. The lowest BCUT2D eigenvalue weighted by Crippen LogP contribution is -2.46. The van der Waals surface area contributed by atoms with Crippen LogP contribution in [0.4, 0.5) is 11.4 Å². The number of amides is 2. The maximum atomic E-state index is 13.9. The lowest BCUT2D eigenvalue weighted by atomic mass is 9.58. The lowest BCUT2D eigenvalue weighted by Gasteiger charge is -2.42. The maximum Gasteiger partial charge on any atom is 0.455 e. The number of pyridine rings is 1. The van der Waals surface area contributed by atoms with Crippen LogP contribution in [0.1, 0.15) is 30.5 Å². The highest BCUT2D eigenvalue weighted by Gasteiger charge is 2.57. The number of phenolic OH excluding ortho intramolecular Hbond substituents is 1. The number of hydrogen-bond donors (Lipinski definition) is 3. The third-order valence-corrected chi connectivity index (χ3v) is 8.68. The van der Waals surface area contributed by atoms with Crippen LogP contribution in [0.15, 0.2) is 84.1 Å². The van der Waals surface area contributed by atoms with Crippen molar-refractivity contribution >= 4 is 42.0 Å². The highest BCUT2D eigenvalue weighted by atomic mass is 16.6. The summed E-state index contributed by atoms with van der Waals surface area (Å²) in [4.78, 5) is 43.8. The third-order valence-electron chi connectivity index (χ3n) is 8.68. The van der Waals surface area contributed by atoms with Gasteiger partial charge in [-0.2, -0.15) is 0 Å². The van der Waals surface area contributed by atoms with Crippen molar-refractivity contribution in [1.29, 1.82) is 0 Å². The number of imide groups is 1. The Bertz CT molecular complexity index is 1680. The molecule has 2 fully saturated rings. The van der Waals surface area contributed by atoms with Crippen LogP contribution in [0.25, 0.3) is 11.6 Å². The Morgan fingerprint density at radius 1 is 1.09 bits per heavy atom. The van der Waals surface area contributed by atoms with Gasteiger partial charge in [0.15, 0.2) is 0 Å². The van der Waals surface area contributed by atoms with E-state index in [1.165, 1.54) is 24.3 Å². The first-order valence-corrected chi connectivity index (χ1v) is 14.4. The molecule has 3 aliphatic rings. The molecule has 11 nitrogen and oxygen atoms in total. The van der Waals surface area contributed by atoms with Crippen molar-refractivity contribution in [1.82, 2.24) is 4.98 Å². The number of allylic oxidation sites excluding steroid dienone is 1. The zero-order valence-electron chi connectivity index (χ0n) is 23.7. The maximum absolute atomic E-state index is 13.9. The second-order valence-corrected chi connectivity index (χ2v) is 11.3. The van der Waals surface area contributed by atoms with Crippen molar-refractivity contribution in [3.63, 3.8) is 0 Å². The lowest BCUT2D eigenvalue weighted by molar-refractivity contribution is -0.384. The number of fused-ring (bicyclic) bond motifs is 3. The van der Waals surface area contributed by atoms with Crippen LogP contribution in [-0.4, -0.2) is 56.8 Å². The summed E-state index contributed by atoms with van der Waals surface area (Å²) < 4.78 is 6.02. The molecule has 3 N–H and O–H groups in total. The predicted octanol–water partition coefficient (Wildman–Crippen LogP) is 4.01. The second-order valence-electron chi connectivity index (χ2n) is 11.3. The summed E-state index contributed by atoms with van der Waals surface area (Å²) in [7, 11) is -1.20. The fourth-order valence-electron chi connectivity index (χ4n) is 6.84. The van der Waals surface area contributed by atoms with Crippen molar-refractivity contribution in [2.75, 3.05) is 11.5 Å². The van der Waals surface area contributed by atoms with Crippen LogP contribution >= 0.6 is 0 Å². The van der Waals surface area contributed by atoms with Crippen molar-refractivity contribution in [2.45, 2.75) is 31.7 Å². The molecule has 0 spiro atoms. The Kier molecular flexibility index (Phi) is 8.13. The van der Waals surface area contributed by atoms with E-state index in [1.54, 1.807) is 24.4 Å². The molecule has 2 aromatic carbocycles. The summed E-state index contributed by atoms with van der Waals surface area (Å²) in [5.74, 6) is -2.95. The van der Waals surface area contributed by atoms with Crippen molar-refractivity contribution < 1.29 is 34.4 Å². The molecule has 0 saturated carbocycles. The number of aliphatic hydroxyl groups excluding tert-OH is 1. The largest absolute Gasteiger partial charge is 0.508 e. The fraction of sp³-hybridized carbons (Fsp3) is 0.281. The van der Waals surface area contributed by atoms with Gasteiger partial charge in [-0.3, -0.25) is 24.7 Å². The van der Waals surface area contributed by atoms with Gasteiger partial charge in [0, 0.05) is 18.3 Å². The molecule has 2 saturated heterocycles. The normalized spacial score (nSPS) is 23.5. The molecule has 2 amide bonds. The fourth-order valence-corrected chi connectivity index (χ4v) is 6.84. The average Bonchev–Trinajstić information content (AvgIpc) is 3.28. The molecule has 6 rings (SSSR count). The van der Waals surface area contributed by atoms with E-state index in [0.717, 1.165) is 27.3 Å². The van der Waals surface area contributed by atoms with Gasteiger partial charge in [0.2, 0.25) is 11.8 Å². The van der Waals surface area contributed by atoms with E-state index in [1.807, 2.05) is 30.3 Å². The Morgan fingerprint density at radius 2 is 1.91 bits per heavy atom. The first-order chi connectivity index (χ1) is 21.2. The molecule has 0 unspecified atom stereocenters. The van der Waals surface area contributed by atoms with E-state index in [-0.39, 0.29) is 36.5 Å². The van der Waals surface area contributed by atoms with Crippen molar-refractivity contribution in [3.8, 4) is 5.75 Å². The number of anilines is 1. The monoisotopic (exact) mass is 595 g/mol. The van der Waals surface area contributed by atoms with E-state index in [9.17, 15) is 34.9 Å². The van der Waals surface area contributed by atoms with E-state index in [2.05, 4.69) is 4.98 Å². The van der Waals surface area contributed by atoms with Crippen LogP contribution in [0, 0.1) is 27.9 Å². The summed E-state index contributed by atoms with van der Waals surface area (Å²) >= 11 is 0. The zero-order valence-corrected chi connectivity index (χ0v) is 23.7. The van der Waals surface area contributed by atoms with Crippen LogP contribution in [0.5, 0.6) is 5.75 Å². The van der Waals surface area contributed by atoms with Gasteiger partial charge in [0.1, 0.15) is 5.75 Å². The molecular formula is C32H30BN3O8. The highest BCUT2D eigenvalue weighted by molar-refractivity contribution is 6.43. The molecule has 2 aliphatic heterocycles. The number of aromatic nitrogens is 1. The number of phenols is 1. The molecule has 1 aromatic heterocycles. The van der Waals surface area contributed by atoms with E-state index in [0.29, 0.717) is 18.4 Å². The highest BCUT2D eigenvalue weighted by Crippen LogP contribution is 2.51. The van der Waals surface area contributed by atoms with E-state index in [4.69, 9.17) is 4.65 Å². The summed E-state index contributed by atoms with van der Waals surface area (Å²) in [6.45, 7) is -0.338. The number of carbonyl (C=O) groups is 2. The van der Waals surface area contributed by atoms with E-state index < -0.39 is 47.7 Å². The Morgan fingerprint density at radius 3 is 2.64 bits per heavy atom. The van der Waals surface area contributed by atoms with Crippen molar-refractivity contribution in [2.24, 2.45) is 17.8 Å². The molecule has 4 atom stereocenters. The summed E-state index contributed by atoms with van der Waals surface area (Å²) in [6, 6.07) is 17.8. The van der Waals surface area contributed by atoms with Crippen molar-refractivity contribution in [3.05, 3.63) is 105 Å². The number of aliphatic hydroxyl groups is 1. The number of carbonyl (C=O) groups excluding carboxylic acids is 2. The molecule has 0 radical (unpaired) electrons. The zero-order chi connectivity index (χ0) is 31.0. The minimum atomic E-state index is -1.20. The molecule has 0 bridgehead atoms. The van der Waals surface area contributed by atoms with E-state index >= 15 is 0 Å². The van der Waals surface area contributed by atoms with Gasteiger partial charge in [-0.15, -0.1) is 0 Å². The van der Waals surface area contributed by atoms with Gasteiger partial charge in [-0.1, -0.05) is 24.3 Å². The number of nitrogens with zero attached hydrogens (tertiary/aromatic N) is 3. The van der Waals surface area contributed by atoms with Crippen LogP contribution in [0.2, 0.25) is 6.32 Å². The standard InChI is InChI=1S/C32H30BN3O8/c37-18-21-15-25-30(32(40)35(31(25)39)22-6-4-7-23(16-22)36(42)43)26-17-33(41)44-28(29(21)26)11-10-20(27-9-1-2-12-34-27)13-19-5-3-8-24(38)14-19/h1-9,12-14,16,25-26,28,30,37-38,41H,10-11,15,17-18H2/b20-13-/t25-,26+,28-,30-/m1/s1. The smallest absolute Gasteiger partial charge is 0.455 e.